The molecule has 15 heavy (non-hydrogen) atoms. The van der Waals surface area contributed by atoms with Crippen LogP contribution >= 0.6 is 0 Å². The lowest BCUT2D eigenvalue weighted by Gasteiger charge is -2.04. The molecule has 1 aliphatic heterocycles. The Morgan fingerprint density at radius 2 is 1.93 bits per heavy atom. The van der Waals surface area contributed by atoms with Gasteiger partial charge in [-0.1, -0.05) is 6.92 Å². The Hall–Kier alpha value is -1.59. The van der Waals surface area contributed by atoms with Crippen molar-refractivity contribution in [3.05, 3.63) is 0 Å². The van der Waals surface area contributed by atoms with Gasteiger partial charge in [-0.3, -0.25) is 25.2 Å². The number of hydrogen-bond acceptors (Lipinski definition) is 3. The largest absolute Gasteiger partial charge is 0.356 e. The van der Waals surface area contributed by atoms with E-state index in [0.29, 0.717) is 6.54 Å². The number of carbonyl (C=O) groups excluding carboxylic acids is 3. The second kappa shape index (κ2) is 5.33. The highest BCUT2D eigenvalue weighted by atomic mass is 16.2. The van der Waals surface area contributed by atoms with Gasteiger partial charge in [-0.2, -0.15) is 0 Å². The van der Waals surface area contributed by atoms with Gasteiger partial charge in [0.2, 0.25) is 5.91 Å². The molecule has 6 nitrogen and oxygen atoms in total. The molecule has 0 aromatic heterocycles. The van der Waals surface area contributed by atoms with Crippen molar-refractivity contribution < 1.29 is 14.4 Å². The van der Waals surface area contributed by atoms with Gasteiger partial charge in [0.15, 0.2) is 0 Å². The van der Waals surface area contributed by atoms with Gasteiger partial charge in [0.25, 0.3) is 11.8 Å². The van der Waals surface area contributed by atoms with Crippen molar-refractivity contribution in [1.82, 2.24) is 16.2 Å². The molecular formula is C9H15N3O3. The molecule has 3 amide bonds. The van der Waals surface area contributed by atoms with E-state index in [1.165, 1.54) is 0 Å². The molecule has 0 aromatic rings. The minimum atomic E-state index is -0.725. The van der Waals surface area contributed by atoms with Gasteiger partial charge in [0, 0.05) is 13.0 Å². The van der Waals surface area contributed by atoms with Gasteiger partial charge in [-0.25, -0.2) is 0 Å². The maximum Gasteiger partial charge on any atom is 0.251 e. The van der Waals surface area contributed by atoms with E-state index in [4.69, 9.17) is 0 Å². The molecule has 1 rings (SSSR count). The molecule has 0 spiro atoms. The fourth-order valence-electron chi connectivity index (χ4n) is 1.31. The molecule has 0 radical (unpaired) electrons. The number of rotatable bonds is 5. The molecule has 3 N–H and O–H groups in total. The van der Waals surface area contributed by atoms with Crippen molar-refractivity contribution in [2.45, 2.75) is 26.2 Å². The molecule has 0 bridgehead atoms. The lowest BCUT2D eigenvalue weighted by molar-refractivity contribution is -0.128. The first-order valence-electron chi connectivity index (χ1n) is 5.01. The third-order valence-electron chi connectivity index (χ3n) is 2.17. The Labute approximate surface area is 87.8 Å². The standard InChI is InChI=1S/C9H15N3O3/c1-2-5-10-7(13)4-3-6-8(14)11-12-9(6)15/h6H,2-5H2,1H3,(H,10,13)(H,11,14)(H,12,15). The predicted octanol–water partition coefficient (Wildman–Crippen LogP) is -0.930. The average molecular weight is 213 g/mol. The number of carbonyl (C=O) groups is 3. The van der Waals surface area contributed by atoms with Gasteiger partial charge in [0.05, 0.1) is 0 Å². The predicted molar refractivity (Wildman–Crippen MR) is 52.3 cm³/mol. The van der Waals surface area contributed by atoms with Gasteiger partial charge in [-0.05, 0) is 12.8 Å². The molecule has 84 valence electrons. The fraction of sp³-hybridized carbons (Fsp3) is 0.667. The zero-order valence-electron chi connectivity index (χ0n) is 8.63. The molecular weight excluding hydrogens is 198 g/mol. The Kier molecular flexibility index (Phi) is 4.08. The molecule has 0 atom stereocenters. The quantitative estimate of drug-likeness (QED) is 0.516. The second-order valence-electron chi connectivity index (χ2n) is 3.42. The van der Waals surface area contributed by atoms with Crippen LogP contribution in [0, 0.1) is 5.92 Å². The normalized spacial score (nSPS) is 16.1. The zero-order valence-corrected chi connectivity index (χ0v) is 8.63. The summed E-state index contributed by atoms with van der Waals surface area (Å²) in [5, 5.41) is 2.68. The van der Waals surface area contributed by atoms with E-state index in [9.17, 15) is 14.4 Å². The highest BCUT2D eigenvalue weighted by Gasteiger charge is 2.32. The molecule has 6 heteroatoms. The first kappa shape index (κ1) is 11.5. The van der Waals surface area contributed by atoms with Crippen LogP contribution in [-0.2, 0) is 14.4 Å². The summed E-state index contributed by atoms with van der Waals surface area (Å²) >= 11 is 0. The van der Waals surface area contributed by atoms with Gasteiger partial charge in [-0.15, -0.1) is 0 Å². The van der Waals surface area contributed by atoms with Gasteiger partial charge in [0.1, 0.15) is 5.92 Å². The van der Waals surface area contributed by atoms with E-state index in [0.717, 1.165) is 6.42 Å². The van der Waals surface area contributed by atoms with Crippen molar-refractivity contribution in [2.75, 3.05) is 6.54 Å². The van der Waals surface area contributed by atoms with Crippen LogP contribution in [0.15, 0.2) is 0 Å². The summed E-state index contributed by atoms with van der Waals surface area (Å²) in [6.45, 7) is 2.58. The lowest BCUT2D eigenvalue weighted by atomic mass is 10.0. The van der Waals surface area contributed by atoms with Crippen LogP contribution in [0.25, 0.3) is 0 Å². The summed E-state index contributed by atoms with van der Waals surface area (Å²) < 4.78 is 0. The van der Waals surface area contributed by atoms with Crippen molar-refractivity contribution in [3.8, 4) is 0 Å². The number of hydrazine groups is 1. The maximum atomic E-state index is 11.2. The maximum absolute atomic E-state index is 11.2. The molecule has 0 aromatic carbocycles. The van der Waals surface area contributed by atoms with E-state index >= 15 is 0 Å². The van der Waals surface area contributed by atoms with Crippen LogP contribution in [0.3, 0.4) is 0 Å². The number of nitrogens with one attached hydrogen (secondary N) is 3. The fourth-order valence-corrected chi connectivity index (χ4v) is 1.31. The Morgan fingerprint density at radius 3 is 2.47 bits per heavy atom. The second-order valence-corrected chi connectivity index (χ2v) is 3.42. The molecule has 1 saturated heterocycles. The average Bonchev–Trinajstić information content (AvgIpc) is 2.53. The van der Waals surface area contributed by atoms with Crippen LogP contribution in [0.5, 0.6) is 0 Å². The third-order valence-corrected chi connectivity index (χ3v) is 2.17. The SMILES string of the molecule is CCCNC(=O)CCC1C(=O)NNC1=O. The molecule has 0 unspecified atom stereocenters. The highest BCUT2D eigenvalue weighted by molar-refractivity contribution is 6.05. The van der Waals surface area contributed by atoms with E-state index in [2.05, 4.69) is 16.2 Å². The van der Waals surface area contributed by atoms with Gasteiger partial charge < -0.3 is 5.32 Å². The Bertz CT molecular complexity index is 262. The third kappa shape index (κ3) is 3.23. The van der Waals surface area contributed by atoms with Crippen molar-refractivity contribution >= 4 is 17.7 Å². The van der Waals surface area contributed by atoms with Crippen LogP contribution < -0.4 is 16.2 Å². The monoisotopic (exact) mass is 213 g/mol. The van der Waals surface area contributed by atoms with E-state index in [1.54, 1.807) is 0 Å². The highest BCUT2D eigenvalue weighted by Crippen LogP contribution is 2.10. The topological polar surface area (TPSA) is 87.3 Å². The molecule has 0 aliphatic carbocycles. The van der Waals surface area contributed by atoms with E-state index in [-0.39, 0.29) is 30.6 Å². The minimum absolute atomic E-state index is 0.121. The molecule has 1 heterocycles. The van der Waals surface area contributed by atoms with Gasteiger partial charge >= 0.3 is 0 Å². The van der Waals surface area contributed by atoms with Crippen LogP contribution in [0.1, 0.15) is 26.2 Å². The summed E-state index contributed by atoms with van der Waals surface area (Å²) in [5.74, 6) is -1.56. The van der Waals surface area contributed by atoms with Crippen LogP contribution in [0.4, 0.5) is 0 Å². The summed E-state index contributed by atoms with van der Waals surface area (Å²) in [6.07, 6.45) is 1.33. The van der Waals surface area contributed by atoms with Crippen molar-refractivity contribution in [2.24, 2.45) is 5.92 Å². The summed E-state index contributed by atoms with van der Waals surface area (Å²) in [5.41, 5.74) is 4.43. The number of hydrogen-bond donors (Lipinski definition) is 3. The van der Waals surface area contributed by atoms with Crippen molar-refractivity contribution in [1.29, 1.82) is 0 Å². The first-order chi connectivity index (χ1) is 7.15. The smallest absolute Gasteiger partial charge is 0.251 e. The summed E-state index contributed by atoms with van der Waals surface area (Å²) in [7, 11) is 0. The number of amides is 3. The molecule has 1 aliphatic rings. The summed E-state index contributed by atoms with van der Waals surface area (Å²) in [4.78, 5) is 33.4. The van der Waals surface area contributed by atoms with E-state index in [1.807, 2.05) is 6.92 Å². The molecule has 0 saturated carbocycles. The Balaban J connectivity index is 2.27. The van der Waals surface area contributed by atoms with E-state index < -0.39 is 5.92 Å². The zero-order chi connectivity index (χ0) is 11.3. The minimum Gasteiger partial charge on any atom is -0.356 e. The first-order valence-corrected chi connectivity index (χ1v) is 5.01. The summed E-state index contributed by atoms with van der Waals surface area (Å²) in [6, 6.07) is 0. The van der Waals surface area contributed by atoms with Crippen LogP contribution in [-0.4, -0.2) is 24.3 Å². The van der Waals surface area contributed by atoms with Crippen LogP contribution in [0.2, 0.25) is 0 Å². The Morgan fingerprint density at radius 1 is 1.33 bits per heavy atom. The molecule has 1 fully saturated rings. The van der Waals surface area contributed by atoms with Crippen molar-refractivity contribution in [3.63, 3.8) is 0 Å². The lowest BCUT2D eigenvalue weighted by Crippen LogP contribution is -2.28.